The third kappa shape index (κ3) is 2.59. The molecule has 1 heterocycles. The molecule has 3 nitrogen and oxygen atoms in total. The molecule has 0 fully saturated rings. The summed E-state index contributed by atoms with van der Waals surface area (Å²) in [5.41, 5.74) is 1.49. The van der Waals surface area contributed by atoms with Crippen LogP contribution in [0.3, 0.4) is 0 Å². The van der Waals surface area contributed by atoms with E-state index in [2.05, 4.69) is 0 Å². The first kappa shape index (κ1) is 12.4. The molecule has 2 rings (SSSR count). The molecule has 2 aromatic rings. The summed E-state index contributed by atoms with van der Waals surface area (Å²) in [6, 6.07) is 9.73. The van der Waals surface area contributed by atoms with Crippen molar-refractivity contribution in [2.45, 2.75) is 0 Å². The molecule has 0 amide bonds. The summed E-state index contributed by atoms with van der Waals surface area (Å²) >= 11 is 0. The average Bonchev–Trinajstić information content (AvgIpc) is 2.76. The predicted molar refractivity (Wildman–Crippen MR) is 69.4 cm³/mol. The molecule has 0 atom stereocenters. The number of carbonyl (C=O) groups is 1. The molecule has 0 saturated carbocycles. The van der Waals surface area contributed by atoms with Crippen LogP contribution in [0.1, 0.15) is 10.5 Å². The Morgan fingerprint density at radius 1 is 1.28 bits per heavy atom. The van der Waals surface area contributed by atoms with Crippen LogP contribution in [0.2, 0.25) is 0 Å². The van der Waals surface area contributed by atoms with E-state index in [9.17, 15) is 9.18 Å². The molecule has 0 saturated heterocycles. The number of anilines is 1. The predicted octanol–water partition coefficient (Wildman–Crippen LogP) is 2.48. The first-order valence-corrected chi connectivity index (χ1v) is 5.69. The Labute approximate surface area is 105 Å². The van der Waals surface area contributed by atoms with Crippen molar-refractivity contribution in [2.75, 3.05) is 18.5 Å². The Morgan fingerprint density at radius 2 is 1.94 bits per heavy atom. The number of aromatic nitrogens is 1. The van der Waals surface area contributed by atoms with Crippen molar-refractivity contribution in [3.05, 3.63) is 54.1 Å². The van der Waals surface area contributed by atoms with Gasteiger partial charge in [0.1, 0.15) is 5.82 Å². The summed E-state index contributed by atoms with van der Waals surface area (Å²) in [6.45, 7) is 0.267. The molecule has 0 unspecified atom stereocenters. The lowest BCUT2D eigenvalue weighted by Crippen LogP contribution is -2.26. The van der Waals surface area contributed by atoms with Crippen molar-refractivity contribution in [1.82, 2.24) is 4.57 Å². The molecule has 1 aromatic carbocycles. The maximum absolute atomic E-state index is 12.8. The molecule has 0 radical (unpaired) electrons. The second-order valence-electron chi connectivity index (χ2n) is 4.26. The van der Waals surface area contributed by atoms with E-state index < -0.39 is 0 Å². The number of rotatable bonds is 4. The summed E-state index contributed by atoms with van der Waals surface area (Å²) in [5.74, 6) is -0.241. The van der Waals surface area contributed by atoms with Crippen molar-refractivity contribution in [1.29, 1.82) is 0 Å². The third-order valence-corrected chi connectivity index (χ3v) is 2.88. The molecule has 4 heteroatoms. The molecule has 0 bridgehead atoms. The van der Waals surface area contributed by atoms with Gasteiger partial charge < -0.3 is 9.47 Å². The van der Waals surface area contributed by atoms with E-state index in [1.807, 2.05) is 26.4 Å². The van der Waals surface area contributed by atoms with Crippen LogP contribution in [0.25, 0.3) is 0 Å². The molecule has 0 aliphatic heterocycles. The molecule has 0 aliphatic carbocycles. The van der Waals surface area contributed by atoms with Crippen molar-refractivity contribution in [3.63, 3.8) is 0 Å². The number of benzene rings is 1. The Bertz CT molecular complexity index is 545. The Balaban J connectivity index is 2.08. The highest BCUT2D eigenvalue weighted by Gasteiger charge is 2.12. The largest absolute Gasteiger partial charge is 0.367 e. The normalized spacial score (nSPS) is 10.4. The van der Waals surface area contributed by atoms with Crippen LogP contribution in [0.4, 0.5) is 10.1 Å². The summed E-state index contributed by atoms with van der Waals surface area (Å²) in [4.78, 5) is 13.8. The minimum Gasteiger partial charge on any atom is -0.367 e. The number of ketones is 1. The first-order chi connectivity index (χ1) is 8.58. The number of likely N-dealkylation sites (N-methyl/N-ethyl adjacent to an activating group) is 1. The minimum atomic E-state index is -0.277. The molecule has 0 spiro atoms. The molecule has 0 aliphatic rings. The van der Waals surface area contributed by atoms with Crippen LogP contribution in [0.15, 0.2) is 42.6 Å². The zero-order chi connectivity index (χ0) is 13.1. The third-order valence-electron chi connectivity index (χ3n) is 2.88. The number of nitrogens with zero attached hydrogens (tertiary/aromatic N) is 2. The summed E-state index contributed by atoms with van der Waals surface area (Å²) < 4.78 is 14.6. The van der Waals surface area contributed by atoms with Crippen LogP contribution in [0, 0.1) is 5.82 Å². The smallest absolute Gasteiger partial charge is 0.198 e. The van der Waals surface area contributed by atoms with Gasteiger partial charge in [-0.25, -0.2) is 4.39 Å². The SMILES string of the molecule is CN(CC(=O)c1cccn1C)c1ccc(F)cc1. The first-order valence-electron chi connectivity index (χ1n) is 5.69. The Morgan fingerprint density at radius 3 is 2.50 bits per heavy atom. The number of carbonyl (C=O) groups excluding carboxylic acids is 1. The number of hydrogen-bond acceptors (Lipinski definition) is 2. The Hall–Kier alpha value is -2.10. The fourth-order valence-electron chi connectivity index (χ4n) is 1.83. The fraction of sp³-hybridized carbons (Fsp3) is 0.214. The topological polar surface area (TPSA) is 25.2 Å². The van der Waals surface area contributed by atoms with E-state index in [0.717, 1.165) is 5.69 Å². The van der Waals surface area contributed by atoms with E-state index in [-0.39, 0.29) is 18.1 Å². The van der Waals surface area contributed by atoms with E-state index in [1.165, 1.54) is 12.1 Å². The lowest BCUT2D eigenvalue weighted by molar-refractivity contribution is 0.0992. The quantitative estimate of drug-likeness (QED) is 0.774. The maximum atomic E-state index is 12.8. The van der Waals surface area contributed by atoms with Crippen molar-refractivity contribution >= 4 is 11.5 Å². The van der Waals surface area contributed by atoms with Gasteiger partial charge in [0.05, 0.1) is 12.2 Å². The molecule has 18 heavy (non-hydrogen) atoms. The second-order valence-corrected chi connectivity index (χ2v) is 4.26. The summed E-state index contributed by atoms with van der Waals surface area (Å²) in [5, 5.41) is 0. The highest BCUT2D eigenvalue weighted by molar-refractivity contribution is 5.97. The zero-order valence-corrected chi connectivity index (χ0v) is 10.4. The maximum Gasteiger partial charge on any atom is 0.198 e. The van der Waals surface area contributed by atoms with Gasteiger partial charge in [0, 0.05) is 26.0 Å². The van der Waals surface area contributed by atoms with Gasteiger partial charge in [-0.1, -0.05) is 0 Å². The van der Waals surface area contributed by atoms with Gasteiger partial charge >= 0.3 is 0 Å². The van der Waals surface area contributed by atoms with Crippen LogP contribution >= 0.6 is 0 Å². The van der Waals surface area contributed by atoms with Crippen molar-refractivity contribution in [2.24, 2.45) is 7.05 Å². The minimum absolute atomic E-state index is 0.0364. The zero-order valence-electron chi connectivity index (χ0n) is 10.4. The fourth-order valence-corrected chi connectivity index (χ4v) is 1.83. The monoisotopic (exact) mass is 246 g/mol. The van der Waals surface area contributed by atoms with Crippen LogP contribution in [0.5, 0.6) is 0 Å². The van der Waals surface area contributed by atoms with Gasteiger partial charge in [0.25, 0.3) is 0 Å². The number of Topliss-reactive ketones (excluding diaryl/α,β-unsaturated/α-hetero) is 1. The van der Waals surface area contributed by atoms with Crippen molar-refractivity contribution < 1.29 is 9.18 Å². The summed E-state index contributed by atoms with van der Waals surface area (Å²) in [7, 11) is 3.65. The van der Waals surface area contributed by atoms with Crippen LogP contribution in [-0.4, -0.2) is 23.9 Å². The highest BCUT2D eigenvalue weighted by Crippen LogP contribution is 2.13. The van der Waals surface area contributed by atoms with Crippen LogP contribution in [-0.2, 0) is 7.05 Å². The van der Waals surface area contributed by atoms with E-state index in [4.69, 9.17) is 0 Å². The average molecular weight is 246 g/mol. The standard InChI is InChI=1S/C14H15FN2O/c1-16-9-3-4-13(16)14(18)10-17(2)12-7-5-11(15)6-8-12/h3-9H,10H2,1-2H3. The van der Waals surface area contributed by atoms with E-state index in [1.54, 1.807) is 27.7 Å². The highest BCUT2D eigenvalue weighted by atomic mass is 19.1. The van der Waals surface area contributed by atoms with Gasteiger partial charge in [-0.05, 0) is 36.4 Å². The molecular weight excluding hydrogens is 231 g/mol. The van der Waals surface area contributed by atoms with E-state index in [0.29, 0.717) is 5.69 Å². The number of halogens is 1. The molecular formula is C14H15FN2O. The number of aryl methyl sites for hydroxylation is 1. The van der Waals surface area contributed by atoms with Gasteiger partial charge in [0.2, 0.25) is 0 Å². The van der Waals surface area contributed by atoms with Gasteiger partial charge in [-0.15, -0.1) is 0 Å². The molecule has 0 N–H and O–H groups in total. The van der Waals surface area contributed by atoms with Crippen LogP contribution < -0.4 is 4.90 Å². The Kier molecular flexibility index (Phi) is 3.46. The summed E-state index contributed by atoms with van der Waals surface area (Å²) in [6.07, 6.45) is 1.84. The number of hydrogen-bond donors (Lipinski definition) is 0. The molecule has 94 valence electrons. The lowest BCUT2D eigenvalue weighted by atomic mass is 10.2. The van der Waals surface area contributed by atoms with Gasteiger partial charge in [-0.3, -0.25) is 4.79 Å². The lowest BCUT2D eigenvalue weighted by Gasteiger charge is -2.18. The van der Waals surface area contributed by atoms with E-state index >= 15 is 0 Å². The van der Waals surface area contributed by atoms with Crippen molar-refractivity contribution in [3.8, 4) is 0 Å². The second kappa shape index (κ2) is 5.04. The van der Waals surface area contributed by atoms with Gasteiger partial charge in [-0.2, -0.15) is 0 Å². The van der Waals surface area contributed by atoms with Gasteiger partial charge in [0.15, 0.2) is 5.78 Å². The molecule has 1 aromatic heterocycles.